The van der Waals surface area contributed by atoms with E-state index in [1.165, 1.54) is 10.6 Å². The second-order valence-electron chi connectivity index (χ2n) is 14.0. The zero-order valence-electron chi connectivity index (χ0n) is 27.5. The average molecular weight is 694 g/mol. The van der Waals surface area contributed by atoms with Crippen molar-refractivity contribution < 1.29 is 22.5 Å². The van der Waals surface area contributed by atoms with Crippen molar-refractivity contribution in [2.45, 2.75) is 77.3 Å². The number of piperidine rings is 1. The van der Waals surface area contributed by atoms with Gasteiger partial charge in [0, 0.05) is 48.7 Å². The van der Waals surface area contributed by atoms with E-state index in [9.17, 15) is 17.8 Å². The lowest BCUT2D eigenvalue weighted by molar-refractivity contribution is -0.0931. The summed E-state index contributed by atoms with van der Waals surface area (Å²) in [4.78, 5) is 28.8. The largest absolute Gasteiger partial charge is 0.451 e. The normalized spacial score (nSPS) is 24.9. The van der Waals surface area contributed by atoms with Crippen LogP contribution in [0.2, 0.25) is 5.02 Å². The van der Waals surface area contributed by atoms with Gasteiger partial charge in [0.05, 0.1) is 24.8 Å². The Morgan fingerprint density at radius 2 is 1.83 bits per heavy atom. The average Bonchev–Trinajstić information content (AvgIpc) is 3.01. The number of ether oxygens (including phenoxy) is 1. The van der Waals surface area contributed by atoms with Gasteiger partial charge >= 0.3 is 0 Å². The summed E-state index contributed by atoms with van der Waals surface area (Å²) in [5, 5.41) is 0.470. The molecular formula is C33H46ClF2N7O3S. The molecule has 1 amide bonds. The van der Waals surface area contributed by atoms with Gasteiger partial charge < -0.3 is 19.4 Å². The summed E-state index contributed by atoms with van der Waals surface area (Å²) >= 11 is 4.77. The number of anilines is 1. The number of hydrogen-bond acceptors (Lipinski definition) is 7. The number of nitrogens with zero attached hydrogens (tertiary/aromatic N) is 6. The third-order valence-corrected chi connectivity index (χ3v) is 11.7. The molecule has 4 heterocycles. The fourth-order valence-electron chi connectivity index (χ4n) is 7.47. The lowest BCUT2D eigenvalue weighted by Gasteiger charge is -2.54. The highest BCUT2D eigenvalue weighted by Gasteiger charge is 2.48. The molecule has 1 unspecified atom stereocenters. The molecule has 47 heavy (non-hydrogen) atoms. The molecule has 3 aliphatic heterocycles. The molecule has 10 nitrogen and oxygen atoms in total. The van der Waals surface area contributed by atoms with E-state index in [1.807, 2.05) is 20.8 Å². The summed E-state index contributed by atoms with van der Waals surface area (Å²) in [6.07, 6.45) is 9.42. The first-order valence-electron chi connectivity index (χ1n) is 16.8. The number of amides is 1. The van der Waals surface area contributed by atoms with Crippen LogP contribution in [0.4, 0.5) is 14.6 Å². The van der Waals surface area contributed by atoms with Crippen molar-refractivity contribution in [2.75, 3.05) is 57.3 Å². The second kappa shape index (κ2) is 14.2. The first kappa shape index (κ1) is 34.4. The maximum absolute atomic E-state index is 13.4. The topological polar surface area (TPSA) is 94.1 Å². The number of carbonyl (C=O) groups is 1. The van der Waals surface area contributed by atoms with Crippen LogP contribution in [0.3, 0.4) is 0 Å². The summed E-state index contributed by atoms with van der Waals surface area (Å²) < 4.78 is 49.3. The molecule has 1 aliphatic carbocycles. The molecule has 1 saturated carbocycles. The molecule has 4 fully saturated rings. The third-order valence-electron chi connectivity index (χ3n) is 10.2. The maximum Gasteiger partial charge on any atom is 0.275 e. The number of halogens is 3. The molecule has 2 aromatic rings. The van der Waals surface area contributed by atoms with E-state index in [0.29, 0.717) is 34.5 Å². The second-order valence-corrected chi connectivity index (χ2v) is 15.7. The minimum absolute atomic E-state index is 0.0336. The van der Waals surface area contributed by atoms with E-state index in [0.717, 1.165) is 77.1 Å². The fourth-order valence-corrected chi connectivity index (χ4v) is 8.92. The van der Waals surface area contributed by atoms with Crippen LogP contribution in [0.25, 0.3) is 0 Å². The lowest BCUT2D eigenvalue weighted by Crippen LogP contribution is -2.61. The highest BCUT2D eigenvalue weighted by Crippen LogP contribution is 2.45. The molecular weight excluding hydrogens is 648 g/mol. The molecule has 1 spiro atoms. The van der Waals surface area contributed by atoms with Crippen LogP contribution in [-0.2, 0) is 11.2 Å². The van der Waals surface area contributed by atoms with Gasteiger partial charge in [-0.3, -0.25) is 4.79 Å². The Hall–Kier alpha value is -2.45. The number of hydrogen-bond donors (Lipinski definition) is 1. The van der Waals surface area contributed by atoms with Crippen molar-refractivity contribution in [2.24, 2.45) is 11.3 Å². The van der Waals surface area contributed by atoms with Crippen molar-refractivity contribution in [3.05, 3.63) is 41.3 Å². The highest BCUT2D eigenvalue weighted by molar-refractivity contribution is 7.80. The Bertz CT molecular complexity index is 1440. The number of rotatable bonds is 11. The molecule has 6 rings (SSSR count). The van der Waals surface area contributed by atoms with Gasteiger partial charge in [0.2, 0.25) is 0 Å². The number of aromatic nitrogens is 2. The van der Waals surface area contributed by atoms with Crippen molar-refractivity contribution in [3.63, 3.8) is 0 Å². The van der Waals surface area contributed by atoms with E-state index in [4.69, 9.17) is 16.3 Å². The van der Waals surface area contributed by atoms with Crippen LogP contribution in [0.1, 0.15) is 69.7 Å². The van der Waals surface area contributed by atoms with Crippen LogP contribution in [-0.4, -0.2) is 105 Å². The molecule has 1 N–H and O–H groups in total. The number of alkyl halides is 2. The molecule has 4 aliphatic rings. The molecule has 14 heteroatoms. The van der Waals surface area contributed by atoms with Crippen LogP contribution in [0.15, 0.2) is 30.7 Å². The number of likely N-dealkylation sites (tertiary alicyclic amines) is 1. The summed E-state index contributed by atoms with van der Waals surface area (Å²) in [6, 6.07) is 5.27. The van der Waals surface area contributed by atoms with Gasteiger partial charge in [0.15, 0.2) is 22.7 Å². The van der Waals surface area contributed by atoms with Gasteiger partial charge in [0.1, 0.15) is 12.1 Å². The molecule has 1 aromatic carbocycles. The Morgan fingerprint density at radius 3 is 2.47 bits per heavy atom. The van der Waals surface area contributed by atoms with Crippen LogP contribution in [0.5, 0.6) is 11.5 Å². The van der Waals surface area contributed by atoms with Gasteiger partial charge in [-0.1, -0.05) is 11.6 Å². The Kier molecular flexibility index (Phi) is 10.4. The first-order valence-corrected chi connectivity index (χ1v) is 18.3. The van der Waals surface area contributed by atoms with E-state index in [-0.39, 0.29) is 23.4 Å². The van der Waals surface area contributed by atoms with Gasteiger partial charge in [-0.25, -0.2) is 27.7 Å². The minimum atomic E-state index is -2.71. The van der Waals surface area contributed by atoms with E-state index < -0.39 is 30.2 Å². The first-order chi connectivity index (χ1) is 22.4. The Labute approximate surface area is 283 Å². The third kappa shape index (κ3) is 7.90. The van der Waals surface area contributed by atoms with Gasteiger partial charge in [0.25, 0.3) is 11.8 Å². The van der Waals surface area contributed by atoms with Crippen molar-refractivity contribution in [1.29, 1.82) is 0 Å². The van der Waals surface area contributed by atoms with Gasteiger partial charge in [-0.15, -0.1) is 0 Å². The zero-order valence-corrected chi connectivity index (χ0v) is 29.0. The van der Waals surface area contributed by atoms with Crippen molar-refractivity contribution in [3.8, 4) is 11.5 Å². The van der Waals surface area contributed by atoms with Crippen LogP contribution in [0, 0.1) is 11.3 Å². The summed E-state index contributed by atoms with van der Waals surface area (Å²) in [6.45, 7) is 10.6. The zero-order chi connectivity index (χ0) is 33.3. The molecule has 3 saturated heterocycles. The summed E-state index contributed by atoms with van der Waals surface area (Å²) in [5.74, 6) is -0.560. The van der Waals surface area contributed by atoms with Crippen molar-refractivity contribution in [1.82, 2.24) is 28.8 Å². The monoisotopic (exact) mass is 693 g/mol. The quantitative estimate of drug-likeness (QED) is 0.338. The maximum atomic E-state index is 13.4. The number of nitrogens with one attached hydrogen (secondary N) is 1. The molecule has 0 radical (unpaired) electrons. The predicted octanol–water partition coefficient (Wildman–Crippen LogP) is 5.37. The Balaban J connectivity index is 0.986. The van der Waals surface area contributed by atoms with Gasteiger partial charge in [-0.2, -0.15) is 4.31 Å². The molecule has 0 bridgehead atoms. The predicted molar refractivity (Wildman–Crippen MR) is 179 cm³/mol. The van der Waals surface area contributed by atoms with Crippen LogP contribution < -0.4 is 14.4 Å². The molecule has 258 valence electrons. The number of benzene rings is 1. The van der Waals surface area contributed by atoms with Gasteiger partial charge in [-0.05, 0) is 96.5 Å². The van der Waals surface area contributed by atoms with E-state index in [1.54, 1.807) is 29.3 Å². The highest BCUT2D eigenvalue weighted by atomic mass is 35.5. The van der Waals surface area contributed by atoms with E-state index in [2.05, 4.69) is 24.5 Å². The lowest BCUT2D eigenvalue weighted by atomic mass is 9.71. The standard InChI is InChI=1S/C33H46ClF2N7O3S/c1-4-43(23(2)3)31(44)27-15-25(34)7-10-28(27)46-29-16-37-22-38-30(29)41-18-32(19-41)11-13-40(14-12-32)17-24-5-8-26(9-6-24)39-47(45)42-20-33(35,36)21-42/h7,10,15-16,22-24,26,39H,4-6,8-9,11-14,17-21H2,1-3H3. The molecule has 1 aromatic heterocycles. The number of carbonyl (C=O) groups excluding carboxylic acids is 1. The summed E-state index contributed by atoms with van der Waals surface area (Å²) in [5.41, 5.74) is 0.659. The van der Waals surface area contributed by atoms with Crippen LogP contribution >= 0.6 is 11.6 Å². The smallest absolute Gasteiger partial charge is 0.275 e. The molecule has 1 atom stereocenters. The Morgan fingerprint density at radius 1 is 1.13 bits per heavy atom. The minimum Gasteiger partial charge on any atom is -0.451 e. The van der Waals surface area contributed by atoms with E-state index >= 15 is 0 Å². The summed E-state index contributed by atoms with van der Waals surface area (Å²) in [7, 11) is 0. The van der Waals surface area contributed by atoms with Crippen molar-refractivity contribution >= 4 is 34.5 Å². The SMILES string of the molecule is CCN(C(=O)c1cc(Cl)ccc1Oc1cncnc1N1CC2(CCN(CC3CCC(NS(=O)N4CC(F)(F)C4)CC3)CC2)C1)C(C)C. The fraction of sp³-hybridized carbons (Fsp3) is 0.667.